The van der Waals surface area contributed by atoms with Crippen molar-refractivity contribution in [3.8, 4) is 0 Å². The SMILES string of the molecule is O=C(c1ccc2[nH]c(=S)oc2c1)N(C[C@@H]1CCCO1)C1CCCC1. The number of aromatic amines is 1. The number of oxazole rings is 1. The molecule has 1 atom stereocenters. The van der Waals surface area contributed by atoms with E-state index in [0.717, 1.165) is 37.8 Å². The summed E-state index contributed by atoms with van der Waals surface area (Å²) in [5.41, 5.74) is 2.11. The Bertz CT molecular complexity index is 785. The average Bonchev–Trinajstić information content (AvgIpc) is 3.31. The van der Waals surface area contributed by atoms with Crippen LogP contribution in [0.3, 0.4) is 0 Å². The monoisotopic (exact) mass is 346 g/mol. The summed E-state index contributed by atoms with van der Waals surface area (Å²) in [6, 6.07) is 5.83. The first kappa shape index (κ1) is 15.8. The van der Waals surface area contributed by atoms with E-state index in [0.29, 0.717) is 28.6 Å². The van der Waals surface area contributed by atoms with Crippen LogP contribution in [0.25, 0.3) is 11.1 Å². The molecule has 2 fully saturated rings. The van der Waals surface area contributed by atoms with Crippen LogP contribution in [-0.4, -0.2) is 41.1 Å². The van der Waals surface area contributed by atoms with Gasteiger partial charge in [-0.05, 0) is 56.1 Å². The van der Waals surface area contributed by atoms with Crippen LogP contribution in [0.2, 0.25) is 0 Å². The van der Waals surface area contributed by atoms with Crippen LogP contribution in [0.1, 0.15) is 48.9 Å². The van der Waals surface area contributed by atoms with Gasteiger partial charge in [-0.3, -0.25) is 4.79 Å². The van der Waals surface area contributed by atoms with E-state index in [4.69, 9.17) is 21.4 Å². The number of amides is 1. The van der Waals surface area contributed by atoms with Crippen molar-refractivity contribution >= 4 is 29.2 Å². The number of benzene rings is 1. The summed E-state index contributed by atoms with van der Waals surface area (Å²) >= 11 is 5.02. The van der Waals surface area contributed by atoms with Crippen LogP contribution in [0, 0.1) is 4.84 Å². The third kappa shape index (κ3) is 3.13. The van der Waals surface area contributed by atoms with Crippen molar-refractivity contribution in [1.82, 2.24) is 9.88 Å². The smallest absolute Gasteiger partial charge is 0.266 e. The molecule has 2 aromatic rings. The lowest BCUT2D eigenvalue weighted by atomic mass is 10.1. The number of H-pyrrole nitrogens is 1. The Morgan fingerprint density at radius 2 is 2.08 bits per heavy atom. The maximum atomic E-state index is 13.2. The number of carbonyl (C=O) groups is 1. The summed E-state index contributed by atoms with van der Waals surface area (Å²) in [4.78, 5) is 18.5. The number of nitrogens with one attached hydrogen (secondary N) is 1. The topological polar surface area (TPSA) is 58.5 Å². The van der Waals surface area contributed by atoms with Crippen molar-refractivity contribution in [3.63, 3.8) is 0 Å². The normalized spacial score (nSPS) is 21.6. The number of hydrogen-bond donors (Lipinski definition) is 1. The largest absolute Gasteiger partial charge is 0.429 e. The van der Waals surface area contributed by atoms with Crippen molar-refractivity contribution < 1.29 is 13.9 Å². The highest BCUT2D eigenvalue weighted by atomic mass is 32.1. The second-order valence-electron chi connectivity index (χ2n) is 6.76. The van der Waals surface area contributed by atoms with Gasteiger partial charge in [-0.1, -0.05) is 12.8 Å². The molecule has 4 rings (SSSR count). The van der Waals surface area contributed by atoms with Crippen LogP contribution < -0.4 is 0 Å². The highest BCUT2D eigenvalue weighted by Gasteiger charge is 2.31. The number of aromatic nitrogens is 1. The summed E-state index contributed by atoms with van der Waals surface area (Å²) in [6.07, 6.45) is 6.89. The van der Waals surface area contributed by atoms with Gasteiger partial charge < -0.3 is 19.0 Å². The average molecular weight is 346 g/mol. The molecule has 5 nitrogen and oxygen atoms in total. The molecule has 1 aromatic heterocycles. The van der Waals surface area contributed by atoms with E-state index in [-0.39, 0.29) is 12.0 Å². The molecule has 1 aliphatic carbocycles. The van der Waals surface area contributed by atoms with Crippen LogP contribution >= 0.6 is 12.2 Å². The van der Waals surface area contributed by atoms with Gasteiger partial charge in [-0.2, -0.15) is 0 Å². The molecule has 1 aliphatic heterocycles. The molecule has 1 amide bonds. The highest BCUT2D eigenvalue weighted by Crippen LogP contribution is 2.27. The van der Waals surface area contributed by atoms with Gasteiger partial charge in [-0.25, -0.2) is 0 Å². The first-order valence-corrected chi connectivity index (χ1v) is 9.17. The minimum atomic E-state index is 0.0709. The molecule has 1 saturated heterocycles. The van der Waals surface area contributed by atoms with Crippen molar-refractivity contribution in [2.24, 2.45) is 0 Å². The van der Waals surface area contributed by atoms with Gasteiger partial charge in [0.1, 0.15) is 0 Å². The quantitative estimate of drug-likeness (QED) is 0.849. The Balaban J connectivity index is 1.61. The summed E-state index contributed by atoms with van der Waals surface area (Å²) in [6.45, 7) is 1.51. The molecule has 0 spiro atoms. The minimum absolute atomic E-state index is 0.0709. The Morgan fingerprint density at radius 3 is 2.83 bits per heavy atom. The molecule has 1 saturated carbocycles. The Labute approximate surface area is 146 Å². The summed E-state index contributed by atoms with van der Waals surface area (Å²) in [7, 11) is 0. The highest BCUT2D eigenvalue weighted by molar-refractivity contribution is 7.71. The van der Waals surface area contributed by atoms with Crippen molar-refractivity contribution in [2.75, 3.05) is 13.2 Å². The van der Waals surface area contributed by atoms with Gasteiger partial charge >= 0.3 is 0 Å². The minimum Gasteiger partial charge on any atom is -0.429 e. The molecule has 24 heavy (non-hydrogen) atoms. The zero-order valence-corrected chi connectivity index (χ0v) is 14.4. The molecule has 2 heterocycles. The Morgan fingerprint density at radius 1 is 1.25 bits per heavy atom. The first-order valence-electron chi connectivity index (χ1n) is 8.76. The molecule has 2 aliphatic rings. The first-order chi connectivity index (χ1) is 11.7. The number of nitrogens with zero attached hydrogens (tertiary/aromatic N) is 1. The fourth-order valence-corrected chi connectivity index (χ4v) is 4.07. The van der Waals surface area contributed by atoms with Crippen LogP contribution in [0.15, 0.2) is 22.6 Å². The molecule has 0 bridgehead atoms. The molecule has 1 N–H and O–H groups in total. The van der Waals surface area contributed by atoms with E-state index in [1.54, 1.807) is 6.07 Å². The van der Waals surface area contributed by atoms with Gasteiger partial charge in [0, 0.05) is 24.8 Å². The van der Waals surface area contributed by atoms with E-state index in [1.165, 1.54) is 12.8 Å². The molecule has 0 unspecified atom stereocenters. The number of hydrogen-bond acceptors (Lipinski definition) is 4. The third-order valence-corrected chi connectivity index (χ3v) is 5.30. The Hall–Kier alpha value is -1.66. The molecule has 128 valence electrons. The zero-order valence-electron chi connectivity index (χ0n) is 13.6. The lowest BCUT2D eigenvalue weighted by Crippen LogP contribution is -2.43. The number of fused-ring (bicyclic) bond motifs is 1. The molecule has 6 heteroatoms. The lowest BCUT2D eigenvalue weighted by molar-refractivity contribution is 0.0421. The van der Waals surface area contributed by atoms with Gasteiger partial charge in [0.25, 0.3) is 10.7 Å². The van der Waals surface area contributed by atoms with Crippen molar-refractivity contribution in [3.05, 3.63) is 28.6 Å². The lowest BCUT2D eigenvalue weighted by Gasteiger charge is -2.31. The number of carbonyl (C=O) groups excluding carboxylic acids is 1. The van der Waals surface area contributed by atoms with Crippen LogP contribution in [-0.2, 0) is 4.74 Å². The summed E-state index contributed by atoms with van der Waals surface area (Å²) in [5, 5.41) is 0. The third-order valence-electron chi connectivity index (χ3n) is 5.12. The van der Waals surface area contributed by atoms with E-state index < -0.39 is 0 Å². The number of rotatable bonds is 4. The predicted octanol–water partition coefficient (Wildman–Crippen LogP) is 4.05. The summed E-state index contributed by atoms with van der Waals surface area (Å²) < 4.78 is 11.2. The second-order valence-corrected chi connectivity index (χ2v) is 7.13. The standard InChI is InChI=1S/C18H22N2O3S/c21-17(12-7-8-15-16(10-12)23-18(24)19-15)20(13-4-1-2-5-13)11-14-6-3-9-22-14/h7-8,10,13-14H,1-6,9,11H2,(H,19,24)/t14-/m0/s1. The van der Waals surface area contributed by atoms with E-state index in [2.05, 4.69) is 4.98 Å². The van der Waals surface area contributed by atoms with Crippen molar-refractivity contribution in [1.29, 1.82) is 0 Å². The molecular formula is C18H22N2O3S. The molecule has 1 aromatic carbocycles. The molecule has 0 radical (unpaired) electrons. The van der Waals surface area contributed by atoms with E-state index >= 15 is 0 Å². The maximum Gasteiger partial charge on any atom is 0.266 e. The summed E-state index contributed by atoms with van der Waals surface area (Å²) in [5.74, 6) is 0.0709. The van der Waals surface area contributed by atoms with Gasteiger partial charge in [0.2, 0.25) is 0 Å². The fraction of sp³-hybridized carbons (Fsp3) is 0.556. The van der Waals surface area contributed by atoms with E-state index in [9.17, 15) is 4.79 Å². The predicted molar refractivity (Wildman–Crippen MR) is 93.7 cm³/mol. The molecular weight excluding hydrogens is 324 g/mol. The van der Waals surface area contributed by atoms with Gasteiger partial charge in [0.05, 0.1) is 11.6 Å². The second kappa shape index (κ2) is 6.69. The zero-order chi connectivity index (χ0) is 16.5. The van der Waals surface area contributed by atoms with Crippen molar-refractivity contribution in [2.45, 2.75) is 50.7 Å². The maximum absolute atomic E-state index is 13.2. The van der Waals surface area contributed by atoms with Crippen LogP contribution in [0.4, 0.5) is 0 Å². The fourth-order valence-electron chi connectivity index (χ4n) is 3.87. The number of ether oxygens (including phenoxy) is 1. The van der Waals surface area contributed by atoms with E-state index in [1.807, 2.05) is 17.0 Å². The van der Waals surface area contributed by atoms with Gasteiger partial charge in [0.15, 0.2) is 5.58 Å². The Kier molecular flexibility index (Phi) is 4.41. The van der Waals surface area contributed by atoms with Crippen LogP contribution in [0.5, 0.6) is 0 Å². The van der Waals surface area contributed by atoms with Gasteiger partial charge in [-0.15, -0.1) is 0 Å².